The fraction of sp³-hybridized carbons (Fsp3) is 0.400. The highest BCUT2D eigenvalue weighted by Gasteiger charge is 2.07. The Morgan fingerprint density at radius 2 is 2.53 bits per heavy atom. The molecule has 1 rings (SSSR count). The van der Waals surface area contributed by atoms with Gasteiger partial charge in [-0.05, 0) is 6.42 Å². The Morgan fingerprint density at radius 3 is 3.13 bits per heavy atom. The van der Waals surface area contributed by atoms with Gasteiger partial charge in [0.15, 0.2) is 0 Å². The fourth-order valence-electron chi connectivity index (χ4n) is 1.09. The molecule has 1 aromatic rings. The second kappa shape index (κ2) is 5.98. The van der Waals surface area contributed by atoms with Crippen molar-refractivity contribution >= 4 is 5.95 Å². The van der Waals surface area contributed by atoms with Crippen molar-refractivity contribution in [1.82, 2.24) is 9.97 Å². The van der Waals surface area contributed by atoms with Gasteiger partial charge >= 0.3 is 0 Å². The van der Waals surface area contributed by atoms with E-state index in [1.807, 2.05) is 0 Å². The first kappa shape index (κ1) is 11.5. The number of aliphatic hydroxyl groups is 1. The van der Waals surface area contributed by atoms with Gasteiger partial charge in [0.25, 0.3) is 0 Å². The van der Waals surface area contributed by atoms with E-state index in [-0.39, 0.29) is 12.6 Å². The number of rotatable bonds is 6. The molecule has 0 aliphatic heterocycles. The molecule has 0 aliphatic carbocycles. The molecule has 0 spiro atoms. The maximum absolute atomic E-state index is 9.05. The number of hydrogen-bond acceptors (Lipinski definition) is 5. The third-order valence-electron chi connectivity index (χ3n) is 1.84. The number of aliphatic hydroxyl groups excluding tert-OH is 1. The van der Waals surface area contributed by atoms with Crippen LogP contribution in [-0.2, 0) is 0 Å². The molecule has 82 valence electrons. The van der Waals surface area contributed by atoms with Crippen LogP contribution in [0.2, 0.25) is 0 Å². The van der Waals surface area contributed by atoms with Gasteiger partial charge in [-0.25, -0.2) is 4.98 Å². The molecule has 15 heavy (non-hydrogen) atoms. The summed E-state index contributed by atoms with van der Waals surface area (Å²) in [5.74, 6) is 0.929. The lowest BCUT2D eigenvalue weighted by atomic mass is 10.2. The minimum atomic E-state index is -0.116. The van der Waals surface area contributed by atoms with Crippen LogP contribution in [-0.4, -0.2) is 34.8 Å². The van der Waals surface area contributed by atoms with Crippen LogP contribution in [0.1, 0.15) is 6.42 Å². The van der Waals surface area contributed by atoms with E-state index in [4.69, 9.17) is 9.84 Å². The largest absolute Gasteiger partial charge is 0.481 e. The van der Waals surface area contributed by atoms with Crippen LogP contribution in [0.3, 0.4) is 0 Å². The second-order valence-corrected chi connectivity index (χ2v) is 2.97. The Hall–Kier alpha value is -1.62. The van der Waals surface area contributed by atoms with Crippen LogP contribution in [0.5, 0.6) is 5.88 Å². The highest BCUT2D eigenvalue weighted by Crippen LogP contribution is 2.09. The van der Waals surface area contributed by atoms with Crippen molar-refractivity contribution in [3.05, 3.63) is 24.9 Å². The lowest BCUT2D eigenvalue weighted by Gasteiger charge is -2.13. The van der Waals surface area contributed by atoms with Crippen molar-refractivity contribution in [2.24, 2.45) is 0 Å². The first-order chi connectivity index (χ1) is 7.30. The lowest BCUT2D eigenvalue weighted by Crippen LogP contribution is -2.24. The molecule has 0 saturated heterocycles. The summed E-state index contributed by atoms with van der Waals surface area (Å²) in [6.07, 6.45) is 3.97. The predicted octanol–water partition coefficient (Wildman–Crippen LogP) is 0.834. The van der Waals surface area contributed by atoms with Gasteiger partial charge in [-0.15, -0.1) is 6.58 Å². The standard InChI is InChI=1S/C10H15N3O2/c1-3-4-8(7-14)12-10-11-6-5-9(13-10)15-2/h3,5-6,8,14H,1,4,7H2,2H3,(H,11,12,13)/t8-/m1/s1. The highest BCUT2D eigenvalue weighted by molar-refractivity contribution is 5.29. The van der Waals surface area contributed by atoms with Crippen LogP contribution in [0.25, 0.3) is 0 Å². The Balaban J connectivity index is 2.65. The van der Waals surface area contributed by atoms with Gasteiger partial charge < -0.3 is 15.2 Å². The van der Waals surface area contributed by atoms with Crippen LogP contribution >= 0.6 is 0 Å². The summed E-state index contributed by atoms with van der Waals surface area (Å²) in [6, 6.07) is 1.54. The zero-order chi connectivity index (χ0) is 11.1. The zero-order valence-electron chi connectivity index (χ0n) is 8.68. The van der Waals surface area contributed by atoms with Gasteiger partial charge in [0.1, 0.15) is 0 Å². The molecule has 0 bridgehead atoms. The number of anilines is 1. The molecule has 5 heteroatoms. The summed E-state index contributed by atoms with van der Waals surface area (Å²) in [5.41, 5.74) is 0. The van der Waals surface area contributed by atoms with Gasteiger partial charge in [-0.3, -0.25) is 0 Å². The Kier molecular flexibility index (Phi) is 4.56. The van der Waals surface area contributed by atoms with E-state index in [9.17, 15) is 0 Å². The normalized spacial score (nSPS) is 11.9. The third kappa shape index (κ3) is 3.55. The van der Waals surface area contributed by atoms with Crippen LogP contribution in [0, 0.1) is 0 Å². The Labute approximate surface area is 88.8 Å². The summed E-state index contributed by atoms with van der Waals surface area (Å²) < 4.78 is 4.96. The van der Waals surface area contributed by atoms with E-state index in [2.05, 4.69) is 21.9 Å². The second-order valence-electron chi connectivity index (χ2n) is 2.97. The number of methoxy groups -OCH3 is 1. The third-order valence-corrected chi connectivity index (χ3v) is 1.84. The summed E-state index contributed by atoms with van der Waals surface area (Å²) in [5, 5.41) is 12.0. The summed E-state index contributed by atoms with van der Waals surface area (Å²) in [4.78, 5) is 8.08. The molecule has 1 atom stereocenters. The Bertz CT molecular complexity index is 317. The minimum absolute atomic E-state index is 0.00654. The monoisotopic (exact) mass is 209 g/mol. The van der Waals surface area contributed by atoms with E-state index in [0.717, 1.165) is 0 Å². The molecule has 0 amide bonds. The molecule has 0 saturated carbocycles. The number of ether oxygens (including phenoxy) is 1. The minimum Gasteiger partial charge on any atom is -0.481 e. The first-order valence-electron chi connectivity index (χ1n) is 4.65. The fourth-order valence-corrected chi connectivity index (χ4v) is 1.09. The van der Waals surface area contributed by atoms with Crippen molar-refractivity contribution < 1.29 is 9.84 Å². The molecule has 0 aromatic carbocycles. The number of hydrogen-bond donors (Lipinski definition) is 2. The topological polar surface area (TPSA) is 67.3 Å². The zero-order valence-corrected chi connectivity index (χ0v) is 8.68. The smallest absolute Gasteiger partial charge is 0.226 e. The van der Waals surface area contributed by atoms with Crippen LogP contribution in [0.15, 0.2) is 24.9 Å². The van der Waals surface area contributed by atoms with Gasteiger partial charge in [-0.1, -0.05) is 6.08 Å². The quantitative estimate of drug-likeness (QED) is 0.679. The van der Waals surface area contributed by atoms with E-state index in [1.54, 1.807) is 25.4 Å². The van der Waals surface area contributed by atoms with E-state index >= 15 is 0 Å². The highest BCUT2D eigenvalue weighted by atomic mass is 16.5. The van der Waals surface area contributed by atoms with Crippen molar-refractivity contribution in [1.29, 1.82) is 0 Å². The molecule has 0 fully saturated rings. The van der Waals surface area contributed by atoms with E-state index in [1.165, 1.54) is 0 Å². The number of nitrogens with zero attached hydrogens (tertiary/aromatic N) is 2. The Morgan fingerprint density at radius 1 is 1.73 bits per heavy atom. The average molecular weight is 209 g/mol. The summed E-state index contributed by atoms with van der Waals surface area (Å²) >= 11 is 0. The average Bonchev–Trinajstić information content (AvgIpc) is 2.29. The first-order valence-corrected chi connectivity index (χ1v) is 4.65. The molecular formula is C10H15N3O2. The van der Waals surface area contributed by atoms with Gasteiger partial charge in [0.05, 0.1) is 19.8 Å². The molecule has 1 aromatic heterocycles. The van der Waals surface area contributed by atoms with E-state index < -0.39 is 0 Å². The molecule has 0 aliphatic rings. The summed E-state index contributed by atoms with van der Waals surface area (Å²) in [6.45, 7) is 3.61. The molecule has 5 nitrogen and oxygen atoms in total. The molecule has 0 unspecified atom stereocenters. The maximum atomic E-state index is 9.05. The van der Waals surface area contributed by atoms with Crippen LogP contribution < -0.4 is 10.1 Å². The van der Waals surface area contributed by atoms with Crippen molar-refractivity contribution in [3.63, 3.8) is 0 Å². The van der Waals surface area contributed by atoms with Gasteiger partial charge in [0.2, 0.25) is 11.8 Å². The van der Waals surface area contributed by atoms with E-state index in [0.29, 0.717) is 18.2 Å². The predicted molar refractivity (Wildman–Crippen MR) is 57.9 cm³/mol. The van der Waals surface area contributed by atoms with Crippen LogP contribution in [0.4, 0.5) is 5.95 Å². The summed E-state index contributed by atoms with van der Waals surface area (Å²) in [7, 11) is 1.54. The number of nitrogens with one attached hydrogen (secondary N) is 1. The lowest BCUT2D eigenvalue weighted by molar-refractivity contribution is 0.274. The molecular weight excluding hydrogens is 194 g/mol. The molecule has 2 N–H and O–H groups in total. The van der Waals surface area contributed by atoms with Gasteiger partial charge in [-0.2, -0.15) is 4.98 Å². The SMILES string of the molecule is C=CC[C@H](CO)Nc1nccc(OC)n1. The van der Waals surface area contributed by atoms with Crippen molar-refractivity contribution in [3.8, 4) is 5.88 Å². The molecule has 0 radical (unpaired) electrons. The van der Waals surface area contributed by atoms with Gasteiger partial charge in [0, 0.05) is 12.3 Å². The maximum Gasteiger partial charge on any atom is 0.226 e. The van der Waals surface area contributed by atoms with Crippen molar-refractivity contribution in [2.45, 2.75) is 12.5 Å². The van der Waals surface area contributed by atoms with Crippen molar-refractivity contribution in [2.75, 3.05) is 19.0 Å². The molecule has 1 heterocycles. The number of aromatic nitrogens is 2.